The molecule has 0 radical (unpaired) electrons. The maximum absolute atomic E-state index is 11.8. The van der Waals surface area contributed by atoms with Crippen LogP contribution in [0.1, 0.15) is 19.0 Å². The normalized spacial score (nSPS) is 20.0. The number of aryl methyl sites for hydroxylation is 1. The van der Waals surface area contributed by atoms with E-state index in [1.807, 2.05) is 6.92 Å². The maximum atomic E-state index is 11.8. The highest BCUT2D eigenvalue weighted by molar-refractivity contribution is 6.18. The van der Waals surface area contributed by atoms with E-state index < -0.39 is 0 Å². The largest absolute Gasteiger partial charge is 0.292 e. The number of rotatable bonds is 3. The predicted molar refractivity (Wildman–Crippen MR) is 65.4 cm³/mol. The summed E-state index contributed by atoms with van der Waals surface area (Å²) in [5.74, 6) is 0.888. The number of nitrogens with zero attached hydrogens (tertiary/aromatic N) is 2. The van der Waals surface area contributed by atoms with Crippen LogP contribution in [0.25, 0.3) is 0 Å². The molecule has 1 saturated heterocycles. The molecule has 1 atom stereocenters. The van der Waals surface area contributed by atoms with Crippen molar-refractivity contribution in [3.8, 4) is 0 Å². The summed E-state index contributed by atoms with van der Waals surface area (Å²) in [6.07, 6.45) is 1.08. The smallest absolute Gasteiger partial charge is 0.252 e. The van der Waals surface area contributed by atoms with Crippen molar-refractivity contribution in [2.75, 3.05) is 17.3 Å². The second-order valence-corrected chi connectivity index (χ2v) is 4.45. The molecule has 5 nitrogen and oxygen atoms in total. The van der Waals surface area contributed by atoms with E-state index in [0.29, 0.717) is 36.9 Å². The zero-order valence-electron chi connectivity index (χ0n) is 9.57. The van der Waals surface area contributed by atoms with Gasteiger partial charge in [-0.2, -0.15) is 0 Å². The van der Waals surface area contributed by atoms with Gasteiger partial charge >= 0.3 is 0 Å². The van der Waals surface area contributed by atoms with Gasteiger partial charge in [-0.3, -0.25) is 19.5 Å². The van der Waals surface area contributed by atoms with Gasteiger partial charge < -0.3 is 0 Å². The lowest BCUT2D eigenvalue weighted by Crippen LogP contribution is -2.29. The van der Waals surface area contributed by atoms with Crippen LogP contribution in [0.15, 0.2) is 10.9 Å². The van der Waals surface area contributed by atoms with Gasteiger partial charge in [0.25, 0.3) is 5.56 Å². The minimum absolute atomic E-state index is 0.0351. The Labute approximate surface area is 104 Å². The maximum Gasteiger partial charge on any atom is 0.252 e. The van der Waals surface area contributed by atoms with Crippen molar-refractivity contribution in [1.29, 1.82) is 0 Å². The number of aromatic amines is 1. The zero-order chi connectivity index (χ0) is 12.4. The number of nitrogens with one attached hydrogen (secondary N) is 1. The highest BCUT2D eigenvalue weighted by Gasteiger charge is 2.31. The summed E-state index contributed by atoms with van der Waals surface area (Å²) in [7, 11) is 0. The molecule has 6 heteroatoms. The first-order valence-corrected chi connectivity index (χ1v) is 6.14. The average molecular weight is 256 g/mol. The van der Waals surface area contributed by atoms with E-state index in [1.54, 1.807) is 0 Å². The number of anilines is 1. The molecular formula is C11H14ClN3O2. The standard InChI is InChI=1S/C11H14ClN3O2/c1-2-8-4-9(16)14-11(13-8)15-6-7(5-12)3-10(15)17/h4,7H,2-3,5-6H2,1H3,(H,13,14,16). The third kappa shape index (κ3) is 2.49. The summed E-state index contributed by atoms with van der Waals surface area (Å²) < 4.78 is 0. The molecule has 1 aromatic heterocycles. The molecule has 0 saturated carbocycles. The summed E-state index contributed by atoms with van der Waals surface area (Å²) >= 11 is 5.74. The summed E-state index contributed by atoms with van der Waals surface area (Å²) in [6, 6.07) is 1.45. The van der Waals surface area contributed by atoms with Crippen molar-refractivity contribution in [2.24, 2.45) is 5.92 Å². The molecular weight excluding hydrogens is 242 g/mol. The van der Waals surface area contributed by atoms with Gasteiger partial charge in [0.05, 0.1) is 0 Å². The Morgan fingerprint density at radius 3 is 2.94 bits per heavy atom. The first-order valence-electron chi connectivity index (χ1n) is 5.60. The Balaban J connectivity index is 2.31. The number of hydrogen-bond acceptors (Lipinski definition) is 3. The molecule has 1 aromatic rings. The molecule has 2 heterocycles. The lowest BCUT2D eigenvalue weighted by atomic mass is 10.2. The van der Waals surface area contributed by atoms with Crippen LogP contribution >= 0.6 is 11.6 Å². The summed E-state index contributed by atoms with van der Waals surface area (Å²) in [5, 5.41) is 0. The van der Waals surface area contributed by atoms with Crippen molar-refractivity contribution in [3.05, 3.63) is 22.1 Å². The Morgan fingerprint density at radius 1 is 1.59 bits per heavy atom. The number of aromatic nitrogens is 2. The number of amides is 1. The third-order valence-corrected chi connectivity index (χ3v) is 3.26. The van der Waals surface area contributed by atoms with Crippen molar-refractivity contribution in [1.82, 2.24) is 9.97 Å². The second-order valence-electron chi connectivity index (χ2n) is 4.14. The van der Waals surface area contributed by atoms with Crippen LogP contribution in [0.5, 0.6) is 0 Å². The average Bonchev–Trinajstić information content (AvgIpc) is 2.69. The second kappa shape index (κ2) is 4.87. The Morgan fingerprint density at radius 2 is 2.35 bits per heavy atom. The van der Waals surface area contributed by atoms with Gasteiger partial charge in [-0.05, 0) is 12.3 Å². The molecule has 92 valence electrons. The Hall–Kier alpha value is -1.36. The van der Waals surface area contributed by atoms with E-state index in [2.05, 4.69) is 9.97 Å². The molecule has 17 heavy (non-hydrogen) atoms. The van der Waals surface area contributed by atoms with E-state index in [1.165, 1.54) is 11.0 Å². The van der Waals surface area contributed by atoms with Gasteiger partial charge in [-0.15, -0.1) is 11.6 Å². The summed E-state index contributed by atoms with van der Waals surface area (Å²) in [6.45, 7) is 2.44. The Bertz CT molecular complexity index is 486. The van der Waals surface area contributed by atoms with Crippen molar-refractivity contribution >= 4 is 23.5 Å². The van der Waals surface area contributed by atoms with Crippen molar-refractivity contribution in [2.45, 2.75) is 19.8 Å². The van der Waals surface area contributed by atoms with Crippen molar-refractivity contribution < 1.29 is 4.79 Å². The van der Waals surface area contributed by atoms with Crippen LogP contribution in [0.4, 0.5) is 5.95 Å². The third-order valence-electron chi connectivity index (χ3n) is 2.82. The van der Waals surface area contributed by atoms with Crippen LogP contribution in [0.3, 0.4) is 0 Å². The molecule has 1 unspecified atom stereocenters. The summed E-state index contributed by atoms with van der Waals surface area (Å²) in [4.78, 5) is 31.5. The topological polar surface area (TPSA) is 66.1 Å². The van der Waals surface area contributed by atoms with Gasteiger partial charge in [0.2, 0.25) is 11.9 Å². The van der Waals surface area contributed by atoms with E-state index in [9.17, 15) is 9.59 Å². The molecule has 2 rings (SSSR count). The first-order chi connectivity index (χ1) is 8.13. The number of H-pyrrole nitrogens is 1. The van der Waals surface area contributed by atoms with Crippen LogP contribution in [0, 0.1) is 5.92 Å². The number of halogens is 1. The van der Waals surface area contributed by atoms with Crippen molar-refractivity contribution in [3.63, 3.8) is 0 Å². The molecule has 0 aromatic carbocycles. The molecule has 0 bridgehead atoms. The van der Waals surface area contributed by atoms with E-state index in [0.717, 1.165) is 0 Å². The van der Waals surface area contributed by atoms with Crippen LogP contribution in [0.2, 0.25) is 0 Å². The number of carbonyl (C=O) groups is 1. The first kappa shape index (κ1) is 12.1. The number of carbonyl (C=O) groups excluding carboxylic acids is 1. The highest BCUT2D eigenvalue weighted by atomic mass is 35.5. The van der Waals surface area contributed by atoms with Crippen LogP contribution in [-0.4, -0.2) is 28.3 Å². The van der Waals surface area contributed by atoms with Gasteiger partial charge in [0, 0.05) is 30.6 Å². The number of alkyl halides is 1. The van der Waals surface area contributed by atoms with Crippen LogP contribution in [-0.2, 0) is 11.2 Å². The van der Waals surface area contributed by atoms with E-state index in [-0.39, 0.29) is 17.4 Å². The molecule has 0 spiro atoms. The fourth-order valence-corrected chi connectivity index (χ4v) is 2.10. The lowest BCUT2D eigenvalue weighted by molar-refractivity contribution is -0.117. The Kier molecular flexibility index (Phi) is 3.47. The molecule has 1 aliphatic rings. The number of hydrogen-bond donors (Lipinski definition) is 1. The van der Waals surface area contributed by atoms with Gasteiger partial charge in [0.15, 0.2) is 0 Å². The molecule has 0 aliphatic carbocycles. The molecule has 1 fully saturated rings. The van der Waals surface area contributed by atoms with Gasteiger partial charge in [-0.25, -0.2) is 4.98 Å². The molecule has 1 amide bonds. The zero-order valence-corrected chi connectivity index (χ0v) is 10.3. The van der Waals surface area contributed by atoms with E-state index in [4.69, 9.17) is 11.6 Å². The molecule has 1 N–H and O–H groups in total. The van der Waals surface area contributed by atoms with Crippen LogP contribution < -0.4 is 10.5 Å². The SMILES string of the molecule is CCc1cc(=O)[nH]c(N2CC(CCl)CC2=O)n1. The quantitative estimate of drug-likeness (QED) is 0.817. The minimum Gasteiger partial charge on any atom is -0.292 e. The monoisotopic (exact) mass is 255 g/mol. The fourth-order valence-electron chi connectivity index (χ4n) is 1.89. The fraction of sp³-hybridized carbons (Fsp3) is 0.545. The lowest BCUT2D eigenvalue weighted by Gasteiger charge is -2.14. The molecule has 1 aliphatic heterocycles. The predicted octanol–water partition coefficient (Wildman–Crippen LogP) is 0.924. The van der Waals surface area contributed by atoms with Gasteiger partial charge in [-0.1, -0.05) is 6.92 Å². The minimum atomic E-state index is -0.228. The van der Waals surface area contributed by atoms with E-state index >= 15 is 0 Å². The summed E-state index contributed by atoms with van der Waals surface area (Å²) in [5.41, 5.74) is 0.458. The van der Waals surface area contributed by atoms with Gasteiger partial charge in [0.1, 0.15) is 0 Å². The highest BCUT2D eigenvalue weighted by Crippen LogP contribution is 2.22.